The minimum absolute atomic E-state index is 0.130. The fraction of sp³-hybridized carbons (Fsp3) is 0.600. The monoisotopic (exact) mass is 277 g/mol. The zero-order valence-corrected chi connectivity index (χ0v) is 12.2. The average Bonchev–Trinajstić information content (AvgIpc) is 2.38. The van der Waals surface area contributed by atoms with Crippen molar-refractivity contribution in [3.63, 3.8) is 0 Å². The highest BCUT2D eigenvalue weighted by molar-refractivity contribution is 5.35. The molecule has 0 aromatic heterocycles. The lowest BCUT2D eigenvalue weighted by molar-refractivity contribution is -0.384. The molecule has 1 saturated heterocycles. The van der Waals surface area contributed by atoms with Gasteiger partial charge in [0.05, 0.1) is 10.6 Å². The van der Waals surface area contributed by atoms with Gasteiger partial charge in [0.2, 0.25) is 0 Å². The lowest BCUT2D eigenvalue weighted by Crippen LogP contribution is -2.58. The summed E-state index contributed by atoms with van der Waals surface area (Å²) < 4.78 is 0. The van der Waals surface area contributed by atoms with Crippen LogP contribution in [0.25, 0.3) is 0 Å². The van der Waals surface area contributed by atoms with E-state index < -0.39 is 5.66 Å². The van der Waals surface area contributed by atoms with Crippen molar-refractivity contribution in [2.45, 2.75) is 38.8 Å². The molecule has 0 spiro atoms. The predicted molar refractivity (Wildman–Crippen MR) is 79.4 cm³/mol. The third kappa shape index (κ3) is 3.55. The number of hydrogen-bond donors (Lipinski definition) is 1. The molecular weight excluding hydrogens is 254 g/mol. The van der Waals surface area contributed by atoms with Gasteiger partial charge in [-0.1, -0.05) is 19.1 Å². The maximum atomic E-state index is 10.8. The van der Waals surface area contributed by atoms with E-state index in [-0.39, 0.29) is 10.6 Å². The van der Waals surface area contributed by atoms with Gasteiger partial charge in [0.25, 0.3) is 5.69 Å². The van der Waals surface area contributed by atoms with Gasteiger partial charge < -0.3 is 5.73 Å². The van der Waals surface area contributed by atoms with Gasteiger partial charge in [-0.05, 0) is 37.8 Å². The Morgan fingerprint density at radius 1 is 1.55 bits per heavy atom. The average molecular weight is 277 g/mol. The Hall–Kier alpha value is -1.46. The first-order valence-electron chi connectivity index (χ1n) is 7.16. The molecule has 20 heavy (non-hydrogen) atoms. The van der Waals surface area contributed by atoms with E-state index in [4.69, 9.17) is 5.73 Å². The van der Waals surface area contributed by atoms with Crippen LogP contribution in [0.3, 0.4) is 0 Å². The molecule has 1 aliphatic rings. The molecule has 2 N–H and O–H groups in total. The number of likely N-dealkylation sites (tertiary alicyclic amines) is 1. The molecule has 1 aliphatic heterocycles. The molecule has 2 atom stereocenters. The highest BCUT2D eigenvalue weighted by atomic mass is 16.6. The topological polar surface area (TPSA) is 72.4 Å². The normalized spacial score (nSPS) is 23.2. The molecule has 1 aromatic rings. The van der Waals surface area contributed by atoms with Crippen molar-refractivity contribution in [2.75, 3.05) is 13.1 Å². The van der Waals surface area contributed by atoms with Gasteiger partial charge >= 0.3 is 0 Å². The Balaban J connectivity index is 2.10. The number of non-ortho nitro benzene ring substituents is 1. The van der Waals surface area contributed by atoms with Gasteiger partial charge in [0.15, 0.2) is 0 Å². The number of nitrogens with two attached hydrogens (primary N) is 1. The second kappa shape index (κ2) is 5.89. The maximum Gasteiger partial charge on any atom is 0.269 e. The molecular formula is C15H23N3O2. The number of rotatable bonds is 4. The van der Waals surface area contributed by atoms with Crippen LogP contribution in [0.1, 0.15) is 32.3 Å². The highest BCUT2D eigenvalue weighted by Crippen LogP contribution is 2.24. The van der Waals surface area contributed by atoms with Crippen molar-refractivity contribution in [1.29, 1.82) is 0 Å². The van der Waals surface area contributed by atoms with Gasteiger partial charge in [-0.25, -0.2) is 0 Å². The lowest BCUT2D eigenvalue weighted by Gasteiger charge is -2.42. The summed E-state index contributed by atoms with van der Waals surface area (Å²) in [5.41, 5.74) is 7.06. The quantitative estimate of drug-likeness (QED) is 0.678. The second-order valence-corrected chi connectivity index (χ2v) is 6.15. The number of nitro benzene ring substituents is 1. The van der Waals surface area contributed by atoms with Crippen molar-refractivity contribution in [3.8, 4) is 0 Å². The zero-order valence-electron chi connectivity index (χ0n) is 12.2. The summed E-state index contributed by atoms with van der Waals surface area (Å²) in [6, 6.07) is 6.77. The SMILES string of the molecule is CC1CCCN(C(C)(N)Cc2cccc([N+](=O)[O-])c2)C1. The lowest BCUT2D eigenvalue weighted by atomic mass is 9.93. The van der Waals surface area contributed by atoms with Crippen LogP contribution < -0.4 is 5.73 Å². The smallest absolute Gasteiger partial charge is 0.269 e. The van der Waals surface area contributed by atoms with Crippen LogP contribution in [0, 0.1) is 16.0 Å². The standard InChI is InChI=1S/C15H23N3O2/c1-12-5-4-8-17(11-12)15(2,16)10-13-6-3-7-14(9-13)18(19)20/h3,6-7,9,12H,4-5,8,10-11,16H2,1-2H3. The number of nitro groups is 1. The van der Waals surface area contributed by atoms with Crippen LogP contribution in [0.15, 0.2) is 24.3 Å². The number of nitrogens with zero attached hydrogens (tertiary/aromatic N) is 2. The molecule has 0 amide bonds. The van der Waals surface area contributed by atoms with Crippen LogP contribution in [0.2, 0.25) is 0 Å². The first-order valence-corrected chi connectivity index (χ1v) is 7.16. The summed E-state index contributed by atoms with van der Waals surface area (Å²) in [5.74, 6) is 0.664. The third-order valence-electron chi connectivity index (χ3n) is 4.06. The predicted octanol–water partition coefficient (Wildman–Crippen LogP) is 2.54. The number of benzene rings is 1. The zero-order chi connectivity index (χ0) is 14.8. The van der Waals surface area contributed by atoms with Crippen LogP contribution >= 0.6 is 0 Å². The first kappa shape index (κ1) is 14.9. The van der Waals surface area contributed by atoms with E-state index in [0.717, 1.165) is 18.7 Å². The fourth-order valence-corrected chi connectivity index (χ4v) is 2.96. The molecule has 0 saturated carbocycles. The summed E-state index contributed by atoms with van der Waals surface area (Å²) in [6.07, 6.45) is 3.05. The number of piperidine rings is 1. The molecule has 110 valence electrons. The first-order chi connectivity index (χ1) is 9.38. The Morgan fingerprint density at radius 3 is 2.95 bits per heavy atom. The van der Waals surface area contributed by atoms with Crippen molar-refractivity contribution in [3.05, 3.63) is 39.9 Å². The van der Waals surface area contributed by atoms with Crippen molar-refractivity contribution >= 4 is 5.69 Å². The fourth-order valence-electron chi connectivity index (χ4n) is 2.96. The van der Waals surface area contributed by atoms with E-state index in [1.165, 1.54) is 18.9 Å². The second-order valence-electron chi connectivity index (χ2n) is 6.15. The van der Waals surface area contributed by atoms with Crippen molar-refractivity contribution in [1.82, 2.24) is 4.90 Å². The largest absolute Gasteiger partial charge is 0.313 e. The van der Waals surface area contributed by atoms with E-state index in [1.807, 2.05) is 13.0 Å². The Kier molecular flexibility index (Phi) is 4.40. The molecule has 1 heterocycles. The highest BCUT2D eigenvalue weighted by Gasteiger charge is 2.31. The third-order valence-corrected chi connectivity index (χ3v) is 4.06. The van der Waals surface area contributed by atoms with Crippen LogP contribution in [-0.2, 0) is 6.42 Å². The van der Waals surface area contributed by atoms with Gasteiger partial charge in [-0.3, -0.25) is 15.0 Å². The van der Waals surface area contributed by atoms with E-state index in [2.05, 4.69) is 11.8 Å². The van der Waals surface area contributed by atoms with E-state index >= 15 is 0 Å². The number of hydrogen-bond acceptors (Lipinski definition) is 4. The van der Waals surface area contributed by atoms with Crippen LogP contribution in [0.5, 0.6) is 0 Å². The van der Waals surface area contributed by atoms with Crippen molar-refractivity contribution < 1.29 is 4.92 Å². The molecule has 1 aromatic carbocycles. The van der Waals surface area contributed by atoms with E-state index in [1.54, 1.807) is 12.1 Å². The van der Waals surface area contributed by atoms with Gasteiger partial charge in [0.1, 0.15) is 0 Å². The van der Waals surface area contributed by atoms with Gasteiger partial charge in [-0.15, -0.1) is 0 Å². The molecule has 0 bridgehead atoms. The summed E-state index contributed by atoms with van der Waals surface area (Å²) >= 11 is 0. The Labute approximate surface area is 119 Å². The summed E-state index contributed by atoms with van der Waals surface area (Å²) in [5, 5.41) is 10.8. The summed E-state index contributed by atoms with van der Waals surface area (Å²) in [7, 11) is 0. The van der Waals surface area contributed by atoms with Gasteiger partial charge in [0, 0.05) is 25.1 Å². The molecule has 5 heteroatoms. The van der Waals surface area contributed by atoms with Gasteiger partial charge in [-0.2, -0.15) is 0 Å². The van der Waals surface area contributed by atoms with Crippen LogP contribution in [0.4, 0.5) is 5.69 Å². The van der Waals surface area contributed by atoms with E-state index in [9.17, 15) is 10.1 Å². The minimum Gasteiger partial charge on any atom is -0.313 e. The molecule has 0 aliphatic carbocycles. The molecule has 1 fully saturated rings. The van der Waals surface area contributed by atoms with E-state index in [0.29, 0.717) is 12.3 Å². The Bertz CT molecular complexity index is 488. The van der Waals surface area contributed by atoms with Crippen LogP contribution in [-0.4, -0.2) is 28.6 Å². The summed E-state index contributed by atoms with van der Waals surface area (Å²) in [6.45, 7) is 6.27. The molecule has 2 unspecified atom stereocenters. The molecule has 2 rings (SSSR count). The van der Waals surface area contributed by atoms with Crippen molar-refractivity contribution in [2.24, 2.45) is 11.7 Å². The Morgan fingerprint density at radius 2 is 2.30 bits per heavy atom. The minimum atomic E-state index is -0.454. The molecule has 5 nitrogen and oxygen atoms in total. The molecule has 0 radical (unpaired) electrons. The summed E-state index contributed by atoms with van der Waals surface area (Å²) in [4.78, 5) is 12.8. The maximum absolute atomic E-state index is 10.8.